The normalized spacial score (nSPS) is 19.0. The van der Waals surface area contributed by atoms with Crippen LogP contribution < -0.4 is 4.74 Å². The van der Waals surface area contributed by atoms with E-state index in [4.69, 9.17) is 12.7 Å². The molecule has 0 bridgehead atoms. The molecule has 0 amide bonds. The van der Waals surface area contributed by atoms with Gasteiger partial charge in [0.15, 0.2) is 7.98 Å². The smallest absolute Gasteiger partial charge is 0.214 e. The van der Waals surface area contributed by atoms with E-state index in [1.807, 2.05) is 16.9 Å². The van der Waals surface area contributed by atoms with Gasteiger partial charge in [0.2, 0.25) is 5.88 Å². The second-order valence-corrected chi connectivity index (χ2v) is 4.58. The summed E-state index contributed by atoms with van der Waals surface area (Å²) in [7, 11) is 5.67. The first kappa shape index (κ1) is 11.0. The molecule has 1 saturated heterocycles. The highest BCUT2D eigenvalue weighted by molar-refractivity contribution is 9.10. The first-order valence-electron chi connectivity index (χ1n) is 5.02. The molecule has 78 valence electrons. The SMILES string of the molecule is [B]N1CCC(Oc2cc(Br)ccn2)CC1. The molecule has 0 atom stereocenters. The standard InChI is InChI=1S/C10H12BBrN2O/c11-14-5-2-9(3-6-14)15-10-7-8(12)1-4-13-10/h1,4,7,9H,2-3,5-6H2. The first-order chi connectivity index (χ1) is 7.24. The Labute approximate surface area is 99.4 Å². The Kier molecular flexibility index (Phi) is 3.64. The van der Waals surface area contributed by atoms with E-state index in [0.717, 1.165) is 30.4 Å². The summed E-state index contributed by atoms with van der Waals surface area (Å²) in [5.74, 6) is 0.680. The number of hydrogen-bond acceptors (Lipinski definition) is 3. The summed E-state index contributed by atoms with van der Waals surface area (Å²) < 4.78 is 6.75. The largest absolute Gasteiger partial charge is 0.474 e. The zero-order valence-electron chi connectivity index (χ0n) is 8.40. The Bertz CT molecular complexity index is 329. The zero-order valence-corrected chi connectivity index (χ0v) is 9.98. The molecule has 15 heavy (non-hydrogen) atoms. The number of hydrogen-bond donors (Lipinski definition) is 0. The van der Waals surface area contributed by atoms with Crippen molar-refractivity contribution in [2.75, 3.05) is 13.1 Å². The van der Waals surface area contributed by atoms with Gasteiger partial charge in [0.25, 0.3) is 0 Å². The molecule has 2 rings (SSSR count). The Morgan fingerprint density at radius 3 is 2.87 bits per heavy atom. The number of piperidine rings is 1. The number of rotatable bonds is 2. The lowest BCUT2D eigenvalue weighted by molar-refractivity contribution is 0.131. The number of ether oxygens (including phenoxy) is 1. The van der Waals surface area contributed by atoms with E-state index in [-0.39, 0.29) is 6.10 Å². The van der Waals surface area contributed by atoms with Gasteiger partial charge in [0.05, 0.1) is 0 Å². The summed E-state index contributed by atoms with van der Waals surface area (Å²) in [5.41, 5.74) is 0. The van der Waals surface area contributed by atoms with E-state index >= 15 is 0 Å². The fourth-order valence-electron chi connectivity index (χ4n) is 1.61. The highest BCUT2D eigenvalue weighted by Crippen LogP contribution is 2.19. The molecule has 0 spiro atoms. The fourth-order valence-corrected chi connectivity index (χ4v) is 1.93. The molecule has 1 aliphatic heterocycles. The summed E-state index contributed by atoms with van der Waals surface area (Å²) in [5, 5.41) is 0. The zero-order chi connectivity index (χ0) is 10.7. The van der Waals surface area contributed by atoms with Gasteiger partial charge >= 0.3 is 0 Å². The van der Waals surface area contributed by atoms with Crippen LogP contribution in [0.4, 0.5) is 0 Å². The van der Waals surface area contributed by atoms with Crippen LogP contribution in [0.25, 0.3) is 0 Å². The number of pyridine rings is 1. The predicted octanol–water partition coefficient (Wildman–Crippen LogP) is 1.77. The summed E-state index contributed by atoms with van der Waals surface area (Å²) >= 11 is 3.39. The van der Waals surface area contributed by atoms with Crippen LogP contribution in [-0.2, 0) is 0 Å². The monoisotopic (exact) mass is 266 g/mol. The van der Waals surface area contributed by atoms with Crippen molar-refractivity contribution in [3.63, 3.8) is 0 Å². The van der Waals surface area contributed by atoms with Gasteiger partial charge < -0.3 is 9.55 Å². The average molecular weight is 267 g/mol. The Balaban J connectivity index is 1.92. The van der Waals surface area contributed by atoms with Gasteiger partial charge in [-0.25, -0.2) is 4.98 Å². The van der Waals surface area contributed by atoms with Gasteiger partial charge in [-0.3, -0.25) is 0 Å². The minimum atomic E-state index is 0.242. The van der Waals surface area contributed by atoms with Crippen LogP contribution in [0.5, 0.6) is 5.88 Å². The Morgan fingerprint density at radius 2 is 2.20 bits per heavy atom. The third kappa shape index (κ3) is 3.21. The minimum absolute atomic E-state index is 0.242. The van der Waals surface area contributed by atoms with Gasteiger partial charge in [-0.1, -0.05) is 15.9 Å². The highest BCUT2D eigenvalue weighted by atomic mass is 79.9. The third-order valence-corrected chi connectivity index (χ3v) is 2.95. The summed E-state index contributed by atoms with van der Waals surface area (Å²) in [6, 6.07) is 3.77. The number of nitrogens with zero attached hydrogens (tertiary/aromatic N) is 2. The van der Waals surface area contributed by atoms with Crippen molar-refractivity contribution in [3.05, 3.63) is 22.8 Å². The minimum Gasteiger partial charge on any atom is -0.474 e. The molecule has 1 fully saturated rings. The maximum atomic E-state index is 5.76. The average Bonchev–Trinajstić information content (AvgIpc) is 2.22. The van der Waals surface area contributed by atoms with Crippen molar-refractivity contribution in [1.29, 1.82) is 0 Å². The molecular formula is C10H12BBrN2O. The van der Waals surface area contributed by atoms with Crippen LogP contribution in [-0.4, -0.2) is 37.0 Å². The summed E-state index contributed by atoms with van der Waals surface area (Å²) in [4.78, 5) is 5.98. The molecule has 1 aliphatic rings. The molecule has 1 aromatic rings. The van der Waals surface area contributed by atoms with Gasteiger partial charge in [0, 0.05) is 16.7 Å². The van der Waals surface area contributed by atoms with Crippen LogP contribution >= 0.6 is 15.9 Å². The second-order valence-electron chi connectivity index (χ2n) is 3.67. The van der Waals surface area contributed by atoms with Gasteiger partial charge in [-0.2, -0.15) is 0 Å². The van der Waals surface area contributed by atoms with Crippen LogP contribution in [0.1, 0.15) is 12.8 Å². The first-order valence-corrected chi connectivity index (χ1v) is 5.81. The van der Waals surface area contributed by atoms with Gasteiger partial charge in [-0.05, 0) is 32.0 Å². The van der Waals surface area contributed by atoms with Crippen molar-refractivity contribution < 1.29 is 4.74 Å². The lowest BCUT2D eigenvalue weighted by atomic mass is 10.1. The van der Waals surface area contributed by atoms with E-state index < -0.39 is 0 Å². The molecule has 0 aromatic carbocycles. The molecule has 3 nitrogen and oxygen atoms in total. The van der Waals surface area contributed by atoms with E-state index in [2.05, 4.69) is 20.9 Å². The number of halogens is 1. The Morgan fingerprint density at radius 1 is 1.47 bits per heavy atom. The lowest BCUT2D eigenvalue weighted by Crippen LogP contribution is -2.36. The fraction of sp³-hybridized carbons (Fsp3) is 0.500. The molecule has 2 heterocycles. The van der Waals surface area contributed by atoms with E-state index in [9.17, 15) is 0 Å². The van der Waals surface area contributed by atoms with Gasteiger partial charge in [-0.15, -0.1) is 0 Å². The van der Waals surface area contributed by atoms with Crippen molar-refractivity contribution in [2.24, 2.45) is 0 Å². The summed E-state index contributed by atoms with van der Waals surface area (Å²) in [6.45, 7) is 1.78. The highest BCUT2D eigenvalue weighted by Gasteiger charge is 2.17. The molecule has 5 heteroatoms. The molecule has 1 aromatic heterocycles. The van der Waals surface area contributed by atoms with Crippen LogP contribution in [0, 0.1) is 0 Å². The van der Waals surface area contributed by atoms with Crippen LogP contribution in [0.3, 0.4) is 0 Å². The van der Waals surface area contributed by atoms with E-state index in [1.165, 1.54) is 0 Å². The topological polar surface area (TPSA) is 25.4 Å². The molecule has 0 N–H and O–H groups in total. The molecule has 2 radical (unpaired) electrons. The molecule has 0 unspecified atom stereocenters. The second kappa shape index (κ2) is 4.99. The molecular weight excluding hydrogens is 255 g/mol. The quantitative estimate of drug-likeness (QED) is 0.763. The van der Waals surface area contributed by atoms with Crippen LogP contribution in [0.15, 0.2) is 22.8 Å². The van der Waals surface area contributed by atoms with Crippen molar-refractivity contribution in [2.45, 2.75) is 18.9 Å². The summed E-state index contributed by atoms with van der Waals surface area (Å²) in [6.07, 6.45) is 3.90. The van der Waals surface area contributed by atoms with Crippen molar-refractivity contribution in [1.82, 2.24) is 9.79 Å². The Hall–Kier alpha value is -0.545. The lowest BCUT2D eigenvalue weighted by Gasteiger charge is -2.29. The van der Waals surface area contributed by atoms with E-state index in [0.29, 0.717) is 5.88 Å². The third-order valence-electron chi connectivity index (χ3n) is 2.46. The number of aromatic nitrogens is 1. The molecule has 0 aliphatic carbocycles. The van der Waals surface area contributed by atoms with Gasteiger partial charge in [0.1, 0.15) is 6.10 Å². The van der Waals surface area contributed by atoms with Crippen molar-refractivity contribution >= 4 is 23.9 Å². The predicted molar refractivity (Wildman–Crippen MR) is 62.9 cm³/mol. The van der Waals surface area contributed by atoms with Crippen molar-refractivity contribution in [3.8, 4) is 5.88 Å². The molecule has 0 saturated carbocycles. The van der Waals surface area contributed by atoms with E-state index in [1.54, 1.807) is 6.20 Å². The van der Waals surface area contributed by atoms with Crippen LogP contribution in [0.2, 0.25) is 0 Å². The maximum absolute atomic E-state index is 5.76. The maximum Gasteiger partial charge on any atom is 0.214 e.